The molecule has 0 radical (unpaired) electrons. The normalized spacial score (nSPS) is 10.6. The van der Waals surface area contributed by atoms with Crippen LogP contribution in [0.3, 0.4) is 0 Å². The fourth-order valence-corrected chi connectivity index (χ4v) is 3.30. The molecule has 2 amide bonds. The predicted octanol–water partition coefficient (Wildman–Crippen LogP) is 4.28. The second-order valence-electron chi connectivity index (χ2n) is 6.78. The Bertz CT molecular complexity index is 1040. The first-order chi connectivity index (χ1) is 14.0. The topological polar surface area (TPSA) is 58.6 Å². The van der Waals surface area contributed by atoms with E-state index in [-0.39, 0.29) is 24.8 Å². The Morgan fingerprint density at radius 1 is 1.03 bits per heavy atom. The van der Waals surface area contributed by atoms with E-state index < -0.39 is 0 Å². The van der Waals surface area contributed by atoms with E-state index in [4.69, 9.17) is 16.3 Å². The van der Waals surface area contributed by atoms with Crippen LogP contribution < -0.4 is 10.1 Å². The molecule has 0 aliphatic heterocycles. The minimum absolute atomic E-state index is 0.0423. The van der Waals surface area contributed by atoms with Crippen LogP contribution in [0.5, 0.6) is 5.75 Å². The SMILES string of the molecule is COc1ccc2cc(CN(C)C(=O)CCNC(=O)c3ccccc3Cl)ccc2c1. The summed E-state index contributed by atoms with van der Waals surface area (Å²) in [7, 11) is 3.41. The van der Waals surface area contributed by atoms with Gasteiger partial charge in [-0.3, -0.25) is 9.59 Å². The van der Waals surface area contributed by atoms with E-state index in [1.807, 2.05) is 30.3 Å². The number of halogens is 1. The van der Waals surface area contributed by atoms with Crippen molar-refractivity contribution in [1.29, 1.82) is 0 Å². The van der Waals surface area contributed by atoms with Crippen LogP contribution >= 0.6 is 11.6 Å². The van der Waals surface area contributed by atoms with Crippen LogP contribution in [-0.2, 0) is 11.3 Å². The summed E-state index contributed by atoms with van der Waals surface area (Å²) < 4.78 is 5.25. The van der Waals surface area contributed by atoms with Crippen LogP contribution in [0.25, 0.3) is 10.8 Å². The van der Waals surface area contributed by atoms with E-state index in [1.165, 1.54) is 0 Å². The second kappa shape index (κ2) is 9.43. The molecule has 5 nitrogen and oxygen atoms in total. The van der Waals surface area contributed by atoms with Gasteiger partial charge in [0.05, 0.1) is 17.7 Å². The number of nitrogens with zero attached hydrogens (tertiary/aromatic N) is 1. The standard InChI is InChI=1S/C23H23ClN2O3/c1-26(15-16-7-8-18-14-19(29-2)10-9-17(18)13-16)22(27)11-12-25-23(28)20-5-3-4-6-21(20)24/h3-10,13-14H,11-12,15H2,1-2H3,(H,25,28). The summed E-state index contributed by atoms with van der Waals surface area (Å²) in [6.45, 7) is 0.754. The van der Waals surface area contributed by atoms with Gasteiger partial charge in [-0.05, 0) is 46.7 Å². The Kier molecular flexibility index (Phi) is 6.73. The van der Waals surface area contributed by atoms with Crippen molar-refractivity contribution in [3.8, 4) is 5.75 Å². The molecule has 0 aromatic heterocycles. The van der Waals surface area contributed by atoms with Crippen molar-refractivity contribution in [2.24, 2.45) is 0 Å². The molecular weight excluding hydrogens is 388 g/mol. The van der Waals surface area contributed by atoms with Crippen LogP contribution in [0.1, 0.15) is 22.3 Å². The van der Waals surface area contributed by atoms with E-state index in [0.29, 0.717) is 17.1 Å². The van der Waals surface area contributed by atoms with Crippen LogP contribution in [0.2, 0.25) is 5.02 Å². The van der Waals surface area contributed by atoms with Crippen LogP contribution in [0, 0.1) is 0 Å². The predicted molar refractivity (Wildman–Crippen MR) is 115 cm³/mol. The Morgan fingerprint density at radius 3 is 2.52 bits per heavy atom. The zero-order valence-electron chi connectivity index (χ0n) is 16.4. The molecule has 3 aromatic rings. The number of rotatable bonds is 7. The highest BCUT2D eigenvalue weighted by molar-refractivity contribution is 6.33. The molecule has 0 fully saturated rings. The molecule has 1 N–H and O–H groups in total. The summed E-state index contributed by atoms with van der Waals surface area (Å²) in [5, 5.41) is 5.31. The molecule has 3 rings (SSSR count). The van der Waals surface area contributed by atoms with Gasteiger partial charge in [0.1, 0.15) is 5.75 Å². The molecule has 0 spiro atoms. The number of hydrogen-bond donors (Lipinski definition) is 1. The summed E-state index contributed by atoms with van der Waals surface area (Å²) in [6.07, 6.45) is 0.220. The zero-order chi connectivity index (χ0) is 20.8. The lowest BCUT2D eigenvalue weighted by atomic mass is 10.1. The van der Waals surface area contributed by atoms with Crippen molar-refractivity contribution >= 4 is 34.2 Å². The zero-order valence-corrected chi connectivity index (χ0v) is 17.2. The van der Waals surface area contributed by atoms with Gasteiger partial charge >= 0.3 is 0 Å². The maximum absolute atomic E-state index is 12.4. The Morgan fingerprint density at radius 2 is 1.76 bits per heavy atom. The number of ether oxygens (including phenoxy) is 1. The number of fused-ring (bicyclic) bond motifs is 1. The highest BCUT2D eigenvalue weighted by Crippen LogP contribution is 2.22. The average molecular weight is 411 g/mol. The summed E-state index contributed by atoms with van der Waals surface area (Å²) in [5.41, 5.74) is 1.45. The third-order valence-electron chi connectivity index (χ3n) is 4.70. The quantitative estimate of drug-likeness (QED) is 0.632. The third-order valence-corrected chi connectivity index (χ3v) is 5.03. The van der Waals surface area contributed by atoms with Crippen molar-refractivity contribution in [2.45, 2.75) is 13.0 Å². The molecule has 29 heavy (non-hydrogen) atoms. The van der Waals surface area contributed by atoms with Crippen molar-refractivity contribution in [1.82, 2.24) is 10.2 Å². The van der Waals surface area contributed by atoms with Gasteiger partial charge in [0.2, 0.25) is 5.91 Å². The first-order valence-electron chi connectivity index (χ1n) is 9.31. The molecule has 3 aromatic carbocycles. The van der Waals surface area contributed by atoms with E-state index in [9.17, 15) is 9.59 Å². The Balaban J connectivity index is 1.53. The van der Waals surface area contributed by atoms with Gasteiger partial charge in [0.25, 0.3) is 5.91 Å². The fraction of sp³-hybridized carbons (Fsp3) is 0.217. The van der Waals surface area contributed by atoms with E-state index in [1.54, 1.807) is 43.3 Å². The number of benzene rings is 3. The second-order valence-corrected chi connectivity index (χ2v) is 7.19. The van der Waals surface area contributed by atoms with Gasteiger partial charge < -0.3 is 15.0 Å². The number of methoxy groups -OCH3 is 1. The number of nitrogens with one attached hydrogen (secondary N) is 1. The maximum atomic E-state index is 12.4. The fourth-order valence-electron chi connectivity index (χ4n) is 3.08. The molecule has 0 unspecified atom stereocenters. The molecule has 0 saturated carbocycles. The van der Waals surface area contributed by atoms with Crippen molar-refractivity contribution < 1.29 is 14.3 Å². The number of carbonyl (C=O) groups excluding carboxylic acids is 2. The van der Waals surface area contributed by atoms with Crippen molar-refractivity contribution in [2.75, 3.05) is 20.7 Å². The van der Waals surface area contributed by atoms with E-state index >= 15 is 0 Å². The lowest BCUT2D eigenvalue weighted by molar-refractivity contribution is -0.130. The van der Waals surface area contributed by atoms with Gasteiger partial charge in [-0.2, -0.15) is 0 Å². The van der Waals surface area contributed by atoms with Crippen molar-refractivity contribution in [3.05, 3.63) is 76.8 Å². The minimum atomic E-state index is -0.281. The molecular formula is C23H23ClN2O3. The molecule has 150 valence electrons. The molecule has 0 aliphatic rings. The van der Waals surface area contributed by atoms with E-state index in [0.717, 1.165) is 22.1 Å². The first-order valence-corrected chi connectivity index (χ1v) is 9.69. The molecule has 0 atom stereocenters. The number of hydrogen-bond acceptors (Lipinski definition) is 3. The van der Waals surface area contributed by atoms with Crippen molar-refractivity contribution in [3.63, 3.8) is 0 Å². The van der Waals surface area contributed by atoms with Crippen LogP contribution in [0.15, 0.2) is 60.7 Å². The van der Waals surface area contributed by atoms with E-state index in [2.05, 4.69) is 11.4 Å². The molecule has 0 bridgehead atoms. The smallest absolute Gasteiger partial charge is 0.252 e. The van der Waals surface area contributed by atoms with Crippen LogP contribution in [0.4, 0.5) is 0 Å². The Hall–Kier alpha value is -3.05. The monoisotopic (exact) mass is 410 g/mol. The highest BCUT2D eigenvalue weighted by Gasteiger charge is 2.12. The van der Waals surface area contributed by atoms with Gasteiger partial charge in [-0.25, -0.2) is 0 Å². The minimum Gasteiger partial charge on any atom is -0.497 e. The largest absolute Gasteiger partial charge is 0.497 e. The Labute approximate surface area is 175 Å². The van der Waals surface area contributed by atoms with Gasteiger partial charge in [0.15, 0.2) is 0 Å². The molecule has 0 heterocycles. The lowest BCUT2D eigenvalue weighted by Gasteiger charge is -2.18. The summed E-state index contributed by atoms with van der Waals surface area (Å²) >= 11 is 6.02. The molecule has 0 saturated heterocycles. The third kappa shape index (κ3) is 5.27. The summed E-state index contributed by atoms with van der Waals surface area (Å²) in [6, 6.07) is 18.8. The van der Waals surface area contributed by atoms with Gasteiger partial charge in [-0.15, -0.1) is 0 Å². The molecule has 0 aliphatic carbocycles. The number of amides is 2. The maximum Gasteiger partial charge on any atom is 0.252 e. The number of carbonyl (C=O) groups is 2. The lowest BCUT2D eigenvalue weighted by Crippen LogP contribution is -2.32. The van der Waals surface area contributed by atoms with Crippen LogP contribution in [-0.4, -0.2) is 37.4 Å². The average Bonchev–Trinajstić information content (AvgIpc) is 2.73. The highest BCUT2D eigenvalue weighted by atomic mass is 35.5. The van der Waals surface area contributed by atoms with Gasteiger partial charge in [0, 0.05) is 26.6 Å². The first kappa shape index (κ1) is 20.7. The summed E-state index contributed by atoms with van der Waals surface area (Å²) in [4.78, 5) is 26.2. The molecule has 6 heteroatoms. The summed E-state index contributed by atoms with van der Waals surface area (Å²) in [5.74, 6) is 0.492. The van der Waals surface area contributed by atoms with Gasteiger partial charge in [-0.1, -0.05) is 41.9 Å².